The van der Waals surface area contributed by atoms with Crippen LogP contribution in [0.5, 0.6) is 0 Å². The van der Waals surface area contributed by atoms with Gasteiger partial charge in [0.05, 0.1) is 5.56 Å². The summed E-state index contributed by atoms with van der Waals surface area (Å²) in [5, 5.41) is 2.72. The summed E-state index contributed by atoms with van der Waals surface area (Å²) >= 11 is 3.17. The number of hydrogen-bond donors (Lipinski definition) is 1. The molecular formula is C12H15BrFNO. The van der Waals surface area contributed by atoms with Gasteiger partial charge in [0.2, 0.25) is 0 Å². The van der Waals surface area contributed by atoms with Gasteiger partial charge >= 0.3 is 0 Å². The second-order valence-corrected chi connectivity index (χ2v) is 4.67. The predicted octanol–water partition coefficient (Wildman–Crippen LogP) is 3.36. The SMILES string of the molecule is CCC(C)CNC(=O)c1c(F)cccc1Br. The second kappa shape index (κ2) is 5.99. The standard InChI is InChI=1S/C12H15BrFNO/c1-3-8(2)7-15-12(16)11-9(13)5-4-6-10(11)14/h4-6,8H,3,7H2,1-2H3,(H,15,16). The Balaban J connectivity index is 2.73. The first-order valence-corrected chi connectivity index (χ1v) is 6.07. The van der Waals surface area contributed by atoms with Gasteiger partial charge < -0.3 is 5.32 Å². The number of hydrogen-bond acceptors (Lipinski definition) is 1. The van der Waals surface area contributed by atoms with Crippen molar-refractivity contribution in [2.24, 2.45) is 5.92 Å². The Hall–Kier alpha value is -0.900. The lowest BCUT2D eigenvalue weighted by Crippen LogP contribution is -2.29. The Kier molecular flexibility index (Phi) is 4.93. The van der Waals surface area contributed by atoms with Crippen LogP contribution in [-0.4, -0.2) is 12.5 Å². The van der Waals surface area contributed by atoms with Gasteiger partial charge in [-0.1, -0.05) is 26.3 Å². The number of halogens is 2. The maximum Gasteiger partial charge on any atom is 0.255 e. The molecule has 0 saturated heterocycles. The molecule has 16 heavy (non-hydrogen) atoms. The van der Waals surface area contributed by atoms with Crippen LogP contribution in [0.3, 0.4) is 0 Å². The van der Waals surface area contributed by atoms with E-state index in [1.807, 2.05) is 6.92 Å². The van der Waals surface area contributed by atoms with Crippen molar-refractivity contribution in [3.05, 3.63) is 34.1 Å². The molecule has 0 saturated carbocycles. The minimum Gasteiger partial charge on any atom is -0.352 e. The molecule has 0 fully saturated rings. The molecule has 1 aromatic rings. The first kappa shape index (κ1) is 13.2. The number of nitrogens with one attached hydrogen (secondary N) is 1. The summed E-state index contributed by atoms with van der Waals surface area (Å²) in [4.78, 5) is 11.7. The molecular weight excluding hydrogens is 273 g/mol. The zero-order valence-corrected chi connectivity index (χ0v) is 11.0. The smallest absolute Gasteiger partial charge is 0.255 e. The largest absolute Gasteiger partial charge is 0.352 e. The fraction of sp³-hybridized carbons (Fsp3) is 0.417. The van der Waals surface area contributed by atoms with Crippen LogP contribution in [0.2, 0.25) is 0 Å². The van der Waals surface area contributed by atoms with Crippen LogP contribution in [0, 0.1) is 11.7 Å². The Morgan fingerprint density at radius 1 is 1.56 bits per heavy atom. The van der Waals surface area contributed by atoms with Crippen molar-refractivity contribution in [2.75, 3.05) is 6.54 Å². The number of benzene rings is 1. The van der Waals surface area contributed by atoms with Crippen LogP contribution in [-0.2, 0) is 0 Å². The highest BCUT2D eigenvalue weighted by atomic mass is 79.9. The fourth-order valence-corrected chi connectivity index (χ4v) is 1.74. The zero-order valence-electron chi connectivity index (χ0n) is 9.39. The summed E-state index contributed by atoms with van der Waals surface area (Å²) in [7, 11) is 0. The molecule has 1 aromatic carbocycles. The minimum atomic E-state index is -0.504. The van der Waals surface area contributed by atoms with Crippen LogP contribution >= 0.6 is 15.9 Å². The van der Waals surface area contributed by atoms with E-state index in [1.165, 1.54) is 6.07 Å². The Bertz CT molecular complexity index is 361. The van der Waals surface area contributed by atoms with Crippen LogP contribution in [0.1, 0.15) is 30.6 Å². The fourth-order valence-electron chi connectivity index (χ4n) is 1.21. The van der Waals surface area contributed by atoms with Gasteiger partial charge in [-0.05, 0) is 34.0 Å². The summed E-state index contributed by atoms with van der Waals surface area (Å²) < 4.78 is 13.9. The summed E-state index contributed by atoms with van der Waals surface area (Å²) in [5.74, 6) is -0.476. The molecule has 88 valence electrons. The molecule has 0 aliphatic rings. The summed E-state index contributed by atoms with van der Waals surface area (Å²) in [6.45, 7) is 4.66. The quantitative estimate of drug-likeness (QED) is 0.904. The number of amides is 1. The molecule has 1 unspecified atom stereocenters. The molecule has 1 atom stereocenters. The first-order chi connectivity index (χ1) is 7.56. The molecule has 0 radical (unpaired) electrons. The maximum absolute atomic E-state index is 13.4. The highest BCUT2D eigenvalue weighted by Gasteiger charge is 2.15. The highest BCUT2D eigenvalue weighted by Crippen LogP contribution is 2.19. The lowest BCUT2D eigenvalue weighted by atomic mass is 10.1. The third-order valence-corrected chi connectivity index (χ3v) is 3.16. The van der Waals surface area contributed by atoms with Gasteiger partial charge in [-0.15, -0.1) is 0 Å². The van der Waals surface area contributed by atoms with Crippen LogP contribution in [0.15, 0.2) is 22.7 Å². The molecule has 0 heterocycles. The Morgan fingerprint density at radius 2 is 2.25 bits per heavy atom. The van der Waals surface area contributed by atoms with Crippen LogP contribution in [0.25, 0.3) is 0 Å². The topological polar surface area (TPSA) is 29.1 Å². The van der Waals surface area contributed by atoms with Crippen LogP contribution < -0.4 is 5.32 Å². The van der Waals surface area contributed by atoms with E-state index in [0.29, 0.717) is 16.9 Å². The lowest BCUT2D eigenvalue weighted by Gasteiger charge is -2.11. The van der Waals surface area contributed by atoms with Crippen molar-refractivity contribution in [3.63, 3.8) is 0 Å². The van der Waals surface area contributed by atoms with Gasteiger partial charge in [0.1, 0.15) is 5.82 Å². The average Bonchev–Trinajstić information content (AvgIpc) is 2.25. The lowest BCUT2D eigenvalue weighted by molar-refractivity contribution is 0.0943. The van der Waals surface area contributed by atoms with E-state index in [2.05, 4.69) is 28.2 Å². The molecule has 0 aliphatic carbocycles. The van der Waals surface area contributed by atoms with E-state index in [1.54, 1.807) is 12.1 Å². The number of carbonyl (C=O) groups excluding carboxylic acids is 1. The molecule has 2 nitrogen and oxygen atoms in total. The molecule has 1 rings (SSSR count). The third-order valence-electron chi connectivity index (χ3n) is 2.50. The zero-order chi connectivity index (χ0) is 12.1. The predicted molar refractivity (Wildman–Crippen MR) is 65.9 cm³/mol. The van der Waals surface area contributed by atoms with E-state index in [0.717, 1.165) is 6.42 Å². The normalized spacial score (nSPS) is 12.2. The minimum absolute atomic E-state index is 0.0748. The highest BCUT2D eigenvalue weighted by molar-refractivity contribution is 9.10. The molecule has 0 bridgehead atoms. The van der Waals surface area contributed by atoms with Crippen molar-refractivity contribution in [1.82, 2.24) is 5.32 Å². The third kappa shape index (κ3) is 3.30. The molecule has 1 N–H and O–H groups in total. The van der Waals surface area contributed by atoms with Gasteiger partial charge in [0, 0.05) is 11.0 Å². The van der Waals surface area contributed by atoms with E-state index in [-0.39, 0.29) is 11.5 Å². The van der Waals surface area contributed by atoms with Gasteiger partial charge in [0.25, 0.3) is 5.91 Å². The summed E-state index contributed by atoms with van der Waals surface area (Å²) in [6, 6.07) is 4.50. The van der Waals surface area contributed by atoms with Crippen molar-refractivity contribution >= 4 is 21.8 Å². The van der Waals surface area contributed by atoms with Crippen LogP contribution in [0.4, 0.5) is 4.39 Å². The Morgan fingerprint density at radius 3 is 2.81 bits per heavy atom. The van der Waals surface area contributed by atoms with E-state index >= 15 is 0 Å². The van der Waals surface area contributed by atoms with Crippen molar-refractivity contribution < 1.29 is 9.18 Å². The number of carbonyl (C=O) groups is 1. The molecule has 1 amide bonds. The first-order valence-electron chi connectivity index (χ1n) is 5.28. The molecule has 0 spiro atoms. The van der Waals surface area contributed by atoms with Gasteiger partial charge in [-0.2, -0.15) is 0 Å². The van der Waals surface area contributed by atoms with Gasteiger partial charge in [-0.3, -0.25) is 4.79 Å². The van der Waals surface area contributed by atoms with Gasteiger partial charge in [0.15, 0.2) is 0 Å². The molecule has 0 aromatic heterocycles. The molecule has 4 heteroatoms. The summed E-state index contributed by atoms with van der Waals surface area (Å²) in [5.41, 5.74) is 0.0748. The summed E-state index contributed by atoms with van der Waals surface area (Å²) in [6.07, 6.45) is 0.985. The van der Waals surface area contributed by atoms with Crippen molar-refractivity contribution in [1.29, 1.82) is 0 Å². The Labute approximate surface area is 103 Å². The molecule has 0 aliphatic heterocycles. The van der Waals surface area contributed by atoms with E-state index in [9.17, 15) is 9.18 Å². The van der Waals surface area contributed by atoms with Gasteiger partial charge in [-0.25, -0.2) is 4.39 Å². The monoisotopic (exact) mass is 287 g/mol. The van der Waals surface area contributed by atoms with E-state index < -0.39 is 5.82 Å². The van der Waals surface area contributed by atoms with Crippen molar-refractivity contribution in [3.8, 4) is 0 Å². The number of rotatable bonds is 4. The van der Waals surface area contributed by atoms with E-state index in [4.69, 9.17) is 0 Å². The second-order valence-electron chi connectivity index (χ2n) is 3.82. The maximum atomic E-state index is 13.4. The average molecular weight is 288 g/mol. The van der Waals surface area contributed by atoms with Crippen molar-refractivity contribution in [2.45, 2.75) is 20.3 Å².